The molecule has 94 valence electrons. The number of hydrogen-bond acceptors (Lipinski definition) is 2. The Labute approximate surface area is 107 Å². The summed E-state index contributed by atoms with van der Waals surface area (Å²) < 4.78 is 0. The number of halogens is 1. The van der Waals surface area contributed by atoms with E-state index in [0.29, 0.717) is 18.0 Å². The molecule has 3 nitrogen and oxygen atoms in total. The highest BCUT2D eigenvalue weighted by Crippen LogP contribution is 2.12. The zero-order valence-electron chi connectivity index (χ0n) is 10.2. The second kappa shape index (κ2) is 6.62. The molecule has 0 aliphatic heterocycles. The molecule has 1 aromatic rings. The predicted molar refractivity (Wildman–Crippen MR) is 69.2 cm³/mol. The summed E-state index contributed by atoms with van der Waals surface area (Å²) in [6.07, 6.45) is 0.653. The molecule has 1 N–H and O–H groups in total. The van der Waals surface area contributed by atoms with Crippen LogP contribution >= 0.6 is 11.6 Å². The summed E-state index contributed by atoms with van der Waals surface area (Å²) in [5.41, 5.74) is 1.14. The van der Waals surface area contributed by atoms with Crippen molar-refractivity contribution in [3.63, 3.8) is 0 Å². The van der Waals surface area contributed by atoms with Crippen LogP contribution in [0.1, 0.15) is 18.9 Å². The molecule has 0 saturated heterocycles. The number of carboxylic acid groups (broad SMARTS) is 1. The number of carboxylic acids is 1. The first kappa shape index (κ1) is 14.0. The maximum atomic E-state index is 10.9. The van der Waals surface area contributed by atoms with Crippen LogP contribution in [-0.4, -0.2) is 29.6 Å². The molecular weight excluding hydrogens is 238 g/mol. The molecule has 0 spiro atoms. The highest BCUT2D eigenvalue weighted by Gasteiger charge is 2.17. The normalized spacial score (nSPS) is 12.7. The van der Waals surface area contributed by atoms with Gasteiger partial charge >= 0.3 is 5.97 Å². The van der Waals surface area contributed by atoms with Crippen molar-refractivity contribution in [3.8, 4) is 0 Å². The van der Waals surface area contributed by atoms with Gasteiger partial charge in [0.15, 0.2) is 0 Å². The lowest BCUT2D eigenvalue weighted by molar-refractivity contribution is -0.142. The lowest BCUT2D eigenvalue weighted by atomic mass is 10.1. The molecule has 0 saturated carbocycles. The van der Waals surface area contributed by atoms with Crippen molar-refractivity contribution in [1.29, 1.82) is 0 Å². The molecule has 0 fully saturated rings. The molecular formula is C13H18ClNO2. The Bertz CT molecular complexity index is 364. The zero-order valence-corrected chi connectivity index (χ0v) is 10.9. The number of benzene rings is 1. The summed E-state index contributed by atoms with van der Waals surface area (Å²) in [6.45, 7) is 3.20. The van der Waals surface area contributed by atoms with Crippen LogP contribution in [-0.2, 0) is 11.3 Å². The fourth-order valence-electron chi connectivity index (χ4n) is 1.72. The first-order valence-electron chi connectivity index (χ1n) is 5.68. The Balaban J connectivity index is 2.51. The molecule has 0 bridgehead atoms. The molecule has 1 rings (SSSR count). The average molecular weight is 256 g/mol. The number of aliphatic carboxylic acids is 1. The number of hydrogen-bond donors (Lipinski definition) is 1. The van der Waals surface area contributed by atoms with Gasteiger partial charge in [0.25, 0.3) is 0 Å². The molecule has 0 heterocycles. The van der Waals surface area contributed by atoms with Crippen molar-refractivity contribution >= 4 is 17.6 Å². The van der Waals surface area contributed by atoms with Crippen molar-refractivity contribution in [2.45, 2.75) is 19.9 Å². The van der Waals surface area contributed by atoms with Gasteiger partial charge in [-0.25, -0.2) is 0 Å². The van der Waals surface area contributed by atoms with Gasteiger partial charge in [0.1, 0.15) is 0 Å². The molecule has 4 heteroatoms. The van der Waals surface area contributed by atoms with E-state index >= 15 is 0 Å². The zero-order chi connectivity index (χ0) is 12.8. The second-order valence-electron chi connectivity index (χ2n) is 4.27. The summed E-state index contributed by atoms with van der Waals surface area (Å²) in [7, 11) is 1.93. The van der Waals surface area contributed by atoms with Crippen molar-refractivity contribution < 1.29 is 9.90 Å². The van der Waals surface area contributed by atoms with Crippen LogP contribution in [0.4, 0.5) is 0 Å². The van der Waals surface area contributed by atoms with Crippen LogP contribution in [0, 0.1) is 5.92 Å². The van der Waals surface area contributed by atoms with Crippen molar-refractivity contribution in [2.24, 2.45) is 5.92 Å². The van der Waals surface area contributed by atoms with Crippen LogP contribution in [0.25, 0.3) is 0 Å². The van der Waals surface area contributed by atoms with E-state index in [0.717, 1.165) is 12.1 Å². The summed E-state index contributed by atoms with van der Waals surface area (Å²) in [6, 6.07) is 7.61. The lowest BCUT2D eigenvalue weighted by Gasteiger charge is -2.20. The van der Waals surface area contributed by atoms with Gasteiger partial charge in [-0.05, 0) is 31.2 Å². The molecule has 0 amide bonds. The third kappa shape index (κ3) is 4.75. The molecule has 1 atom stereocenters. The van der Waals surface area contributed by atoms with E-state index in [1.54, 1.807) is 0 Å². The lowest BCUT2D eigenvalue weighted by Crippen LogP contribution is -2.29. The minimum Gasteiger partial charge on any atom is -0.481 e. The van der Waals surface area contributed by atoms with Crippen LogP contribution < -0.4 is 0 Å². The van der Waals surface area contributed by atoms with Gasteiger partial charge in [-0.1, -0.05) is 30.7 Å². The molecule has 0 aliphatic rings. The quantitative estimate of drug-likeness (QED) is 0.850. The van der Waals surface area contributed by atoms with E-state index < -0.39 is 5.97 Å². The monoisotopic (exact) mass is 255 g/mol. The summed E-state index contributed by atoms with van der Waals surface area (Å²) in [4.78, 5) is 12.9. The predicted octanol–water partition coefficient (Wildman–Crippen LogP) is 2.88. The van der Waals surface area contributed by atoms with Crippen molar-refractivity contribution in [3.05, 3.63) is 34.9 Å². The maximum absolute atomic E-state index is 10.9. The fourth-order valence-corrected chi connectivity index (χ4v) is 1.85. The van der Waals surface area contributed by atoms with Crippen molar-refractivity contribution in [2.75, 3.05) is 13.6 Å². The highest BCUT2D eigenvalue weighted by atomic mass is 35.5. The summed E-state index contributed by atoms with van der Waals surface area (Å²) in [5.74, 6) is -1.03. The fraction of sp³-hybridized carbons (Fsp3) is 0.462. The molecule has 0 aromatic heterocycles. The van der Waals surface area contributed by atoms with Crippen LogP contribution in [0.15, 0.2) is 24.3 Å². The van der Waals surface area contributed by atoms with Crippen LogP contribution in [0.3, 0.4) is 0 Å². The standard InChI is InChI=1S/C13H18ClNO2/c1-3-11(13(16)17)9-15(2)8-10-4-6-12(14)7-5-10/h4-7,11H,3,8-9H2,1-2H3,(H,16,17). The smallest absolute Gasteiger partial charge is 0.307 e. The largest absolute Gasteiger partial charge is 0.481 e. The molecule has 0 radical (unpaired) electrons. The third-order valence-corrected chi connectivity index (χ3v) is 2.99. The summed E-state index contributed by atoms with van der Waals surface area (Å²) >= 11 is 5.81. The Morgan fingerprint density at radius 2 is 2.00 bits per heavy atom. The van der Waals surface area contributed by atoms with E-state index in [1.807, 2.05) is 43.1 Å². The maximum Gasteiger partial charge on any atom is 0.307 e. The minimum atomic E-state index is -0.726. The number of nitrogens with zero attached hydrogens (tertiary/aromatic N) is 1. The molecule has 0 aliphatic carbocycles. The van der Waals surface area contributed by atoms with E-state index in [2.05, 4.69) is 0 Å². The average Bonchev–Trinajstić information content (AvgIpc) is 2.28. The first-order valence-corrected chi connectivity index (χ1v) is 6.06. The van der Waals surface area contributed by atoms with E-state index in [9.17, 15) is 4.79 Å². The van der Waals surface area contributed by atoms with Gasteiger partial charge in [-0.2, -0.15) is 0 Å². The highest BCUT2D eigenvalue weighted by molar-refractivity contribution is 6.30. The Hall–Kier alpha value is -1.06. The number of rotatable bonds is 6. The second-order valence-corrected chi connectivity index (χ2v) is 4.70. The minimum absolute atomic E-state index is 0.299. The summed E-state index contributed by atoms with van der Waals surface area (Å²) in [5, 5.41) is 9.70. The van der Waals surface area contributed by atoms with Gasteiger partial charge in [-0.3, -0.25) is 4.79 Å². The SMILES string of the molecule is CCC(CN(C)Cc1ccc(Cl)cc1)C(=O)O. The molecule has 1 unspecified atom stereocenters. The van der Waals surface area contributed by atoms with Gasteiger partial charge < -0.3 is 10.0 Å². The van der Waals surface area contributed by atoms with E-state index in [-0.39, 0.29) is 5.92 Å². The molecule has 17 heavy (non-hydrogen) atoms. The van der Waals surface area contributed by atoms with Gasteiger partial charge in [0, 0.05) is 18.1 Å². The third-order valence-electron chi connectivity index (χ3n) is 2.74. The first-order chi connectivity index (χ1) is 8.02. The van der Waals surface area contributed by atoms with E-state index in [4.69, 9.17) is 16.7 Å². The number of carbonyl (C=O) groups is 1. The molecule has 1 aromatic carbocycles. The Morgan fingerprint density at radius 3 is 2.47 bits per heavy atom. The topological polar surface area (TPSA) is 40.5 Å². The van der Waals surface area contributed by atoms with Gasteiger partial charge in [0.05, 0.1) is 5.92 Å². The van der Waals surface area contributed by atoms with Crippen LogP contribution in [0.2, 0.25) is 5.02 Å². The van der Waals surface area contributed by atoms with Gasteiger partial charge in [0.2, 0.25) is 0 Å². The Kier molecular flexibility index (Phi) is 5.45. The van der Waals surface area contributed by atoms with Crippen LogP contribution in [0.5, 0.6) is 0 Å². The van der Waals surface area contributed by atoms with E-state index in [1.165, 1.54) is 0 Å². The van der Waals surface area contributed by atoms with Gasteiger partial charge in [-0.15, -0.1) is 0 Å². The van der Waals surface area contributed by atoms with Crippen molar-refractivity contribution in [1.82, 2.24) is 4.90 Å². The Morgan fingerprint density at radius 1 is 1.41 bits per heavy atom.